The van der Waals surface area contributed by atoms with Gasteiger partial charge in [0.2, 0.25) is 0 Å². The van der Waals surface area contributed by atoms with Crippen molar-refractivity contribution in [1.29, 1.82) is 0 Å². The summed E-state index contributed by atoms with van der Waals surface area (Å²) in [5, 5.41) is 30.6. The average Bonchev–Trinajstić information content (AvgIpc) is 2.55. The van der Waals surface area contributed by atoms with Crippen LogP contribution < -0.4 is 9.47 Å². The minimum atomic E-state index is -1.14. The molecular formula is C17H20O5. The van der Waals surface area contributed by atoms with Crippen molar-refractivity contribution >= 4 is 0 Å². The van der Waals surface area contributed by atoms with E-state index in [2.05, 4.69) is 0 Å². The van der Waals surface area contributed by atoms with Gasteiger partial charge in [0, 0.05) is 0 Å². The van der Waals surface area contributed by atoms with Crippen molar-refractivity contribution in [1.82, 2.24) is 0 Å². The standard InChI is InChI=1S/C17H20O5/c1-10-8-12(9-14(22-3)15(10)18)17(20)16(19)11-4-6-13(21-2)7-5-11/h4-9,16-20H,1-3H3. The van der Waals surface area contributed by atoms with E-state index in [1.807, 2.05) is 0 Å². The van der Waals surface area contributed by atoms with Gasteiger partial charge in [-0.1, -0.05) is 12.1 Å². The fraction of sp³-hybridized carbons (Fsp3) is 0.294. The molecule has 0 saturated carbocycles. The molecule has 0 heterocycles. The second-order valence-electron chi connectivity index (χ2n) is 5.05. The number of aryl methyl sites for hydroxylation is 1. The number of aliphatic hydroxyl groups excluding tert-OH is 2. The average molecular weight is 304 g/mol. The highest BCUT2D eigenvalue weighted by Gasteiger charge is 2.22. The van der Waals surface area contributed by atoms with Crippen molar-refractivity contribution in [3.8, 4) is 17.2 Å². The van der Waals surface area contributed by atoms with Crippen LogP contribution >= 0.6 is 0 Å². The maximum absolute atomic E-state index is 10.4. The van der Waals surface area contributed by atoms with Crippen LogP contribution in [0.1, 0.15) is 28.9 Å². The molecule has 0 radical (unpaired) electrons. The third-order valence-corrected chi connectivity index (χ3v) is 3.61. The molecule has 2 aromatic rings. The Kier molecular flexibility index (Phi) is 4.90. The molecule has 3 N–H and O–H groups in total. The molecule has 5 nitrogen and oxygen atoms in total. The van der Waals surface area contributed by atoms with E-state index in [1.165, 1.54) is 13.2 Å². The summed E-state index contributed by atoms with van der Waals surface area (Å²) in [5.74, 6) is 0.959. The number of rotatable bonds is 5. The topological polar surface area (TPSA) is 79.2 Å². The van der Waals surface area contributed by atoms with Crippen LogP contribution in [0.25, 0.3) is 0 Å². The highest BCUT2D eigenvalue weighted by atomic mass is 16.5. The summed E-state index contributed by atoms with van der Waals surface area (Å²) in [4.78, 5) is 0. The lowest BCUT2D eigenvalue weighted by molar-refractivity contribution is 0.0170. The van der Waals surface area contributed by atoms with Crippen LogP contribution in [0.4, 0.5) is 0 Å². The van der Waals surface area contributed by atoms with Gasteiger partial charge in [0.15, 0.2) is 11.5 Å². The molecule has 118 valence electrons. The summed E-state index contributed by atoms with van der Waals surface area (Å²) in [6.45, 7) is 1.70. The van der Waals surface area contributed by atoms with Crippen LogP contribution in [-0.2, 0) is 0 Å². The Balaban J connectivity index is 2.29. The number of phenolic OH excluding ortho intramolecular Hbond substituents is 1. The van der Waals surface area contributed by atoms with Crippen LogP contribution in [0.2, 0.25) is 0 Å². The van der Waals surface area contributed by atoms with Crippen LogP contribution in [0.15, 0.2) is 36.4 Å². The number of phenols is 1. The summed E-state index contributed by atoms with van der Waals surface area (Å²) in [6.07, 6.45) is -2.24. The lowest BCUT2D eigenvalue weighted by Crippen LogP contribution is -2.11. The normalized spacial score (nSPS) is 13.5. The van der Waals surface area contributed by atoms with Gasteiger partial charge in [0.25, 0.3) is 0 Å². The molecule has 0 aliphatic carbocycles. The van der Waals surface area contributed by atoms with Crippen molar-refractivity contribution in [2.75, 3.05) is 14.2 Å². The quantitative estimate of drug-likeness (QED) is 0.791. The highest BCUT2D eigenvalue weighted by molar-refractivity contribution is 5.48. The number of ether oxygens (including phenoxy) is 2. The molecule has 2 rings (SSSR count). The molecule has 0 bridgehead atoms. The van der Waals surface area contributed by atoms with Gasteiger partial charge in [-0.2, -0.15) is 0 Å². The molecule has 0 spiro atoms. The van der Waals surface area contributed by atoms with Crippen molar-refractivity contribution < 1.29 is 24.8 Å². The van der Waals surface area contributed by atoms with Gasteiger partial charge in [-0.25, -0.2) is 0 Å². The van der Waals surface area contributed by atoms with E-state index in [-0.39, 0.29) is 11.5 Å². The minimum Gasteiger partial charge on any atom is -0.504 e. The first-order chi connectivity index (χ1) is 10.5. The predicted molar refractivity (Wildman–Crippen MR) is 82.3 cm³/mol. The molecule has 0 aromatic heterocycles. The Morgan fingerprint density at radius 1 is 0.864 bits per heavy atom. The summed E-state index contributed by atoms with van der Waals surface area (Å²) >= 11 is 0. The first kappa shape index (κ1) is 16.1. The lowest BCUT2D eigenvalue weighted by Gasteiger charge is -2.20. The van der Waals surface area contributed by atoms with E-state index in [0.29, 0.717) is 22.4 Å². The van der Waals surface area contributed by atoms with Gasteiger partial charge in [0.05, 0.1) is 14.2 Å². The Morgan fingerprint density at radius 2 is 1.45 bits per heavy atom. The maximum atomic E-state index is 10.4. The number of aromatic hydroxyl groups is 1. The van der Waals surface area contributed by atoms with Gasteiger partial charge in [-0.05, 0) is 47.9 Å². The van der Waals surface area contributed by atoms with Crippen LogP contribution in [0, 0.1) is 6.92 Å². The minimum absolute atomic E-state index is 0.0254. The molecule has 0 aliphatic heterocycles. The zero-order valence-corrected chi connectivity index (χ0v) is 12.8. The molecule has 22 heavy (non-hydrogen) atoms. The third-order valence-electron chi connectivity index (χ3n) is 3.61. The van der Waals surface area contributed by atoms with E-state index in [1.54, 1.807) is 44.4 Å². The SMILES string of the molecule is COc1ccc(C(O)C(O)c2cc(C)c(O)c(OC)c2)cc1. The third kappa shape index (κ3) is 3.16. The molecule has 2 unspecified atom stereocenters. The molecule has 5 heteroatoms. The summed E-state index contributed by atoms with van der Waals surface area (Å²) < 4.78 is 10.1. The predicted octanol–water partition coefficient (Wildman–Crippen LogP) is 2.48. The van der Waals surface area contributed by atoms with E-state index < -0.39 is 12.2 Å². The summed E-state index contributed by atoms with van der Waals surface area (Å²) in [6, 6.07) is 9.95. The van der Waals surface area contributed by atoms with Crippen molar-refractivity contribution in [2.24, 2.45) is 0 Å². The van der Waals surface area contributed by atoms with E-state index in [4.69, 9.17) is 9.47 Å². The fourth-order valence-corrected chi connectivity index (χ4v) is 2.27. The van der Waals surface area contributed by atoms with Gasteiger partial charge in [-0.3, -0.25) is 0 Å². The fourth-order valence-electron chi connectivity index (χ4n) is 2.27. The van der Waals surface area contributed by atoms with Gasteiger partial charge in [0.1, 0.15) is 18.0 Å². The molecule has 2 aromatic carbocycles. The monoisotopic (exact) mass is 304 g/mol. The van der Waals surface area contributed by atoms with Gasteiger partial charge >= 0.3 is 0 Å². The van der Waals surface area contributed by atoms with E-state index in [9.17, 15) is 15.3 Å². The largest absolute Gasteiger partial charge is 0.504 e. The number of hydrogen-bond acceptors (Lipinski definition) is 5. The first-order valence-electron chi connectivity index (χ1n) is 6.85. The van der Waals surface area contributed by atoms with Crippen molar-refractivity contribution in [3.63, 3.8) is 0 Å². The molecule has 0 fully saturated rings. The second-order valence-corrected chi connectivity index (χ2v) is 5.05. The summed E-state index contributed by atoms with van der Waals surface area (Å²) in [7, 11) is 3.00. The van der Waals surface area contributed by atoms with Crippen molar-refractivity contribution in [3.05, 3.63) is 53.1 Å². The zero-order valence-electron chi connectivity index (χ0n) is 12.8. The smallest absolute Gasteiger partial charge is 0.161 e. The van der Waals surface area contributed by atoms with Gasteiger partial charge in [-0.15, -0.1) is 0 Å². The molecular weight excluding hydrogens is 284 g/mol. The highest BCUT2D eigenvalue weighted by Crippen LogP contribution is 2.36. The first-order valence-corrected chi connectivity index (χ1v) is 6.85. The van der Waals surface area contributed by atoms with Gasteiger partial charge < -0.3 is 24.8 Å². The summed E-state index contributed by atoms with van der Waals surface area (Å²) in [5.41, 5.74) is 1.60. The zero-order chi connectivity index (χ0) is 16.3. The number of hydrogen-bond donors (Lipinski definition) is 3. The molecule has 0 aliphatic rings. The molecule has 2 atom stereocenters. The van der Waals surface area contributed by atoms with E-state index in [0.717, 1.165) is 0 Å². The number of benzene rings is 2. The Labute approximate surface area is 129 Å². The van der Waals surface area contributed by atoms with Crippen LogP contribution in [0.5, 0.6) is 17.2 Å². The number of methoxy groups -OCH3 is 2. The van der Waals surface area contributed by atoms with E-state index >= 15 is 0 Å². The second kappa shape index (κ2) is 6.68. The van der Waals surface area contributed by atoms with Crippen molar-refractivity contribution in [2.45, 2.75) is 19.1 Å². The Hall–Kier alpha value is -2.24. The van der Waals surface area contributed by atoms with Crippen LogP contribution in [-0.4, -0.2) is 29.5 Å². The Bertz CT molecular complexity index is 636. The number of aliphatic hydroxyl groups is 2. The molecule has 0 amide bonds. The Morgan fingerprint density at radius 3 is 2.00 bits per heavy atom. The maximum Gasteiger partial charge on any atom is 0.161 e. The lowest BCUT2D eigenvalue weighted by atomic mass is 9.96. The molecule has 0 saturated heterocycles. The van der Waals surface area contributed by atoms with Crippen LogP contribution in [0.3, 0.4) is 0 Å².